The Balaban J connectivity index is 1.65. The van der Waals surface area contributed by atoms with E-state index >= 15 is 0 Å². The maximum Gasteiger partial charge on any atom is 0.288 e. The smallest absolute Gasteiger partial charge is 0.288 e. The molecular formula is C22H26F2N2O3S2. The third kappa shape index (κ3) is 5.64. The van der Waals surface area contributed by atoms with E-state index < -0.39 is 15.8 Å². The fraction of sp³-hybridized carbons (Fsp3) is 0.409. The van der Waals surface area contributed by atoms with Gasteiger partial charge < -0.3 is 5.32 Å². The fourth-order valence-electron chi connectivity index (χ4n) is 4.06. The standard InChI is InChI=1S/C22H26F2N2O3S2/c1-14-11-15(2)20(16(3)12-14)31(28,29)26-9-7-17(8-10-26)21(27)25-18-5-4-6-19(13-18)30-22(23)24/h4-6,11-13,17,22H,7-10H2,1-3H3,(H,25,27). The Morgan fingerprint density at radius 2 is 1.71 bits per heavy atom. The Hall–Kier alpha value is -1.97. The second kappa shape index (κ2) is 9.67. The van der Waals surface area contributed by atoms with Crippen LogP contribution in [0.15, 0.2) is 46.2 Å². The molecule has 0 bridgehead atoms. The van der Waals surface area contributed by atoms with Crippen molar-refractivity contribution in [1.29, 1.82) is 0 Å². The first kappa shape index (κ1) is 23.7. The van der Waals surface area contributed by atoms with E-state index in [2.05, 4.69) is 5.32 Å². The minimum Gasteiger partial charge on any atom is -0.326 e. The zero-order valence-electron chi connectivity index (χ0n) is 17.7. The Labute approximate surface area is 186 Å². The minimum absolute atomic E-state index is 0.223. The molecule has 0 saturated carbocycles. The van der Waals surface area contributed by atoms with E-state index in [4.69, 9.17) is 0 Å². The van der Waals surface area contributed by atoms with Gasteiger partial charge in [0.2, 0.25) is 15.9 Å². The van der Waals surface area contributed by atoms with Gasteiger partial charge in [0.1, 0.15) is 0 Å². The molecule has 1 N–H and O–H groups in total. The van der Waals surface area contributed by atoms with Gasteiger partial charge in [-0.2, -0.15) is 13.1 Å². The van der Waals surface area contributed by atoms with Gasteiger partial charge in [-0.3, -0.25) is 4.79 Å². The highest BCUT2D eigenvalue weighted by atomic mass is 32.2. The molecule has 5 nitrogen and oxygen atoms in total. The van der Waals surface area contributed by atoms with Gasteiger partial charge in [0.05, 0.1) is 4.90 Å². The third-order valence-corrected chi connectivity index (χ3v) is 8.26. The lowest BCUT2D eigenvalue weighted by Gasteiger charge is -2.31. The van der Waals surface area contributed by atoms with Gasteiger partial charge in [0.25, 0.3) is 5.76 Å². The first-order valence-corrected chi connectivity index (χ1v) is 12.3. The number of alkyl halides is 2. The van der Waals surface area contributed by atoms with Crippen molar-refractivity contribution >= 4 is 33.4 Å². The van der Waals surface area contributed by atoms with E-state index in [0.29, 0.717) is 40.1 Å². The number of carbonyl (C=O) groups excluding carboxylic acids is 1. The first-order valence-electron chi connectivity index (χ1n) is 10.0. The molecule has 0 radical (unpaired) electrons. The molecule has 1 aliphatic rings. The third-order valence-electron chi connectivity index (χ3n) is 5.35. The number of nitrogens with zero attached hydrogens (tertiary/aromatic N) is 1. The topological polar surface area (TPSA) is 66.5 Å². The zero-order chi connectivity index (χ0) is 22.8. The Kier molecular flexibility index (Phi) is 7.39. The molecule has 1 fully saturated rings. The van der Waals surface area contributed by atoms with E-state index in [1.54, 1.807) is 32.0 Å². The van der Waals surface area contributed by atoms with Crippen molar-refractivity contribution < 1.29 is 22.0 Å². The predicted molar refractivity (Wildman–Crippen MR) is 119 cm³/mol. The Morgan fingerprint density at radius 1 is 1.10 bits per heavy atom. The largest absolute Gasteiger partial charge is 0.326 e. The minimum atomic E-state index is -3.64. The molecular weight excluding hydrogens is 442 g/mol. The van der Waals surface area contributed by atoms with E-state index in [1.807, 2.05) is 19.1 Å². The molecule has 2 aromatic carbocycles. The van der Waals surface area contributed by atoms with Crippen LogP contribution < -0.4 is 5.32 Å². The lowest BCUT2D eigenvalue weighted by Crippen LogP contribution is -2.41. The maximum atomic E-state index is 13.2. The van der Waals surface area contributed by atoms with Crippen LogP contribution in [0.5, 0.6) is 0 Å². The molecule has 3 rings (SSSR count). The number of nitrogens with one attached hydrogen (secondary N) is 1. The molecule has 2 aromatic rings. The van der Waals surface area contributed by atoms with Gasteiger partial charge in [0, 0.05) is 29.6 Å². The monoisotopic (exact) mass is 468 g/mol. The van der Waals surface area contributed by atoms with E-state index in [0.717, 1.165) is 16.7 Å². The average molecular weight is 469 g/mol. The second-order valence-corrected chi connectivity index (χ2v) is 10.7. The second-order valence-electron chi connectivity index (χ2n) is 7.80. The van der Waals surface area contributed by atoms with Crippen molar-refractivity contribution in [2.24, 2.45) is 5.92 Å². The van der Waals surface area contributed by atoms with E-state index in [1.165, 1.54) is 10.4 Å². The fourth-order valence-corrected chi connectivity index (χ4v) is 6.49. The van der Waals surface area contributed by atoms with Crippen LogP contribution in [0, 0.1) is 26.7 Å². The summed E-state index contributed by atoms with van der Waals surface area (Å²) in [6.45, 7) is 6.05. The molecule has 31 heavy (non-hydrogen) atoms. The van der Waals surface area contributed by atoms with Crippen molar-refractivity contribution in [1.82, 2.24) is 4.31 Å². The Morgan fingerprint density at radius 3 is 2.29 bits per heavy atom. The van der Waals surface area contributed by atoms with Crippen LogP contribution in [0.4, 0.5) is 14.5 Å². The number of rotatable bonds is 6. The number of hydrogen-bond acceptors (Lipinski definition) is 4. The van der Waals surface area contributed by atoms with Crippen LogP contribution >= 0.6 is 11.8 Å². The number of halogens is 2. The van der Waals surface area contributed by atoms with Gasteiger partial charge >= 0.3 is 0 Å². The highest BCUT2D eigenvalue weighted by Gasteiger charge is 2.33. The summed E-state index contributed by atoms with van der Waals surface area (Å²) in [6.07, 6.45) is 0.807. The molecule has 0 atom stereocenters. The van der Waals surface area contributed by atoms with Gasteiger partial charge in [0.15, 0.2) is 0 Å². The summed E-state index contributed by atoms with van der Waals surface area (Å²) in [5.74, 6) is -3.09. The van der Waals surface area contributed by atoms with Gasteiger partial charge in [-0.25, -0.2) is 8.42 Å². The number of hydrogen-bond donors (Lipinski definition) is 1. The lowest BCUT2D eigenvalue weighted by molar-refractivity contribution is -0.120. The number of carbonyl (C=O) groups is 1. The van der Waals surface area contributed by atoms with Crippen LogP contribution in [0.2, 0.25) is 0 Å². The van der Waals surface area contributed by atoms with Crippen molar-refractivity contribution in [2.45, 2.75) is 49.2 Å². The number of sulfonamides is 1. The van der Waals surface area contributed by atoms with Crippen molar-refractivity contribution in [3.63, 3.8) is 0 Å². The molecule has 1 heterocycles. The molecule has 0 aromatic heterocycles. The van der Waals surface area contributed by atoms with Gasteiger partial charge in [-0.15, -0.1) is 0 Å². The molecule has 0 unspecified atom stereocenters. The summed E-state index contributed by atoms with van der Waals surface area (Å²) in [5.41, 5.74) is 2.91. The quantitative estimate of drug-likeness (QED) is 0.608. The highest BCUT2D eigenvalue weighted by molar-refractivity contribution is 7.99. The summed E-state index contributed by atoms with van der Waals surface area (Å²) in [5, 5.41) is 2.77. The summed E-state index contributed by atoms with van der Waals surface area (Å²) in [7, 11) is -3.64. The van der Waals surface area contributed by atoms with Crippen molar-refractivity contribution in [2.75, 3.05) is 18.4 Å². The van der Waals surface area contributed by atoms with Crippen LogP contribution in [0.3, 0.4) is 0 Å². The summed E-state index contributed by atoms with van der Waals surface area (Å²) in [6, 6.07) is 10.1. The van der Waals surface area contributed by atoms with Crippen LogP contribution in [-0.2, 0) is 14.8 Å². The van der Waals surface area contributed by atoms with Crippen molar-refractivity contribution in [3.05, 3.63) is 53.1 Å². The number of aryl methyl sites for hydroxylation is 3. The molecule has 0 aliphatic carbocycles. The summed E-state index contributed by atoms with van der Waals surface area (Å²) in [4.78, 5) is 13.4. The normalized spacial score (nSPS) is 15.9. The molecule has 1 aliphatic heterocycles. The van der Waals surface area contributed by atoms with Crippen LogP contribution in [0.1, 0.15) is 29.5 Å². The first-order chi connectivity index (χ1) is 14.6. The number of thioether (sulfide) groups is 1. The van der Waals surface area contributed by atoms with Crippen LogP contribution in [-0.4, -0.2) is 37.5 Å². The van der Waals surface area contributed by atoms with Crippen molar-refractivity contribution in [3.8, 4) is 0 Å². The molecule has 1 saturated heterocycles. The maximum absolute atomic E-state index is 13.2. The molecule has 0 spiro atoms. The Bertz CT molecular complexity index is 1040. The van der Waals surface area contributed by atoms with E-state index in [9.17, 15) is 22.0 Å². The van der Waals surface area contributed by atoms with Gasteiger partial charge in [-0.05, 0) is 62.9 Å². The predicted octanol–water partition coefficient (Wildman–Crippen LogP) is 4.97. The number of benzene rings is 2. The molecule has 168 valence electrons. The summed E-state index contributed by atoms with van der Waals surface area (Å²) >= 11 is 0.421. The number of amides is 1. The molecule has 1 amide bonds. The lowest BCUT2D eigenvalue weighted by atomic mass is 9.97. The zero-order valence-corrected chi connectivity index (χ0v) is 19.3. The number of anilines is 1. The molecule has 9 heteroatoms. The highest BCUT2D eigenvalue weighted by Crippen LogP contribution is 2.30. The average Bonchev–Trinajstić information content (AvgIpc) is 2.66. The van der Waals surface area contributed by atoms with E-state index in [-0.39, 0.29) is 24.9 Å². The summed E-state index contributed by atoms with van der Waals surface area (Å²) < 4.78 is 52.9. The number of piperidine rings is 1. The SMILES string of the molecule is Cc1cc(C)c(S(=O)(=O)N2CCC(C(=O)Nc3cccc(SC(F)F)c3)CC2)c(C)c1. The van der Waals surface area contributed by atoms with Crippen LogP contribution in [0.25, 0.3) is 0 Å². The van der Waals surface area contributed by atoms with Gasteiger partial charge in [-0.1, -0.05) is 35.5 Å².